The standard InChI is InChI=1S/C18H22N2O2/c1-14-7-3-4-8-15(14)10-11-18(21)20-17(13-22-2)16-9-5-6-12-19-16/h3-9,12,17H,10-11,13H2,1-2H3,(H,20,21)/t17-/m0/s1. The first kappa shape index (κ1) is 16.2. The van der Waals surface area contributed by atoms with Crippen molar-refractivity contribution in [3.63, 3.8) is 0 Å². The third kappa shape index (κ3) is 4.67. The highest BCUT2D eigenvalue weighted by molar-refractivity contribution is 5.76. The van der Waals surface area contributed by atoms with E-state index in [0.717, 1.165) is 12.1 Å². The number of carbonyl (C=O) groups excluding carboxylic acids is 1. The maximum atomic E-state index is 12.2. The van der Waals surface area contributed by atoms with Gasteiger partial charge in [-0.25, -0.2) is 0 Å². The van der Waals surface area contributed by atoms with Crippen molar-refractivity contribution in [3.8, 4) is 0 Å². The van der Waals surface area contributed by atoms with Crippen LogP contribution in [-0.4, -0.2) is 24.6 Å². The van der Waals surface area contributed by atoms with Crippen LogP contribution in [0, 0.1) is 6.92 Å². The maximum absolute atomic E-state index is 12.2. The molecule has 1 aromatic heterocycles. The SMILES string of the molecule is COC[C@H](NC(=O)CCc1ccccc1C)c1ccccn1. The van der Waals surface area contributed by atoms with Crippen LogP contribution in [-0.2, 0) is 16.0 Å². The lowest BCUT2D eigenvalue weighted by Crippen LogP contribution is -2.32. The molecule has 1 atom stereocenters. The summed E-state index contributed by atoms with van der Waals surface area (Å²) in [6.07, 6.45) is 2.91. The predicted molar refractivity (Wildman–Crippen MR) is 86.5 cm³/mol. The van der Waals surface area contributed by atoms with E-state index < -0.39 is 0 Å². The molecule has 4 heteroatoms. The molecule has 0 aliphatic rings. The summed E-state index contributed by atoms with van der Waals surface area (Å²) in [5, 5.41) is 3.00. The molecule has 0 spiro atoms. The first-order valence-corrected chi connectivity index (χ1v) is 7.44. The molecule has 0 aliphatic heterocycles. The van der Waals surface area contributed by atoms with Gasteiger partial charge in [-0.05, 0) is 36.6 Å². The van der Waals surface area contributed by atoms with Crippen LogP contribution < -0.4 is 5.32 Å². The first-order valence-electron chi connectivity index (χ1n) is 7.44. The van der Waals surface area contributed by atoms with Crippen molar-refractivity contribution in [2.45, 2.75) is 25.8 Å². The molecule has 0 unspecified atom stereocenters. The molecule has 0 aliphatic carbocycles. The fourth-order valence-electron chi connectivity index (χ4n) is 2.36. The monoisotopic (exact) mass is 298 g/mol. The number of ether oxygens (including phenoxy) is 1. The van der Waals surface area contributed by atoms with E-state index >= 15 is 0 Å². The van der Waals surface area contributed by atoms with Crippen LogP contribution in [0.2, 0.25) is 0 Å². The second-order valence-electron chi connectivity index (χ2n) is 5.26. The van der Waals surface area contributed by atoms with Gasteiger partial charge in [0.2, 0.25) is 5.91 Å². The average molecular weight is 298 g/mol. The Labute approximate surface area is 131 Å². The average Bonchev–Trinajstić information content (AvgIpc) is 2.54. The highest BCUT2D eigenvalue weighted by atomic mass is 16.5. The van der Waals surface area contributed by atoms with Crippen molar-refractivity contribution in [2.24, 2.45) is 0 Å². The van der Waals surface area contributed by atoms with E-state index in [2.05, 4.69) is 29.4 Å². The molecule has 1 heterocycles. The lowest BCUT2D eigenvalue weighted by molar-refractivity contribution is -0.122. The van der Waals surface area contributed by atoms with Gasteiger partial charge in [0.15, 0.2) is 0 Å². The zero-order valence-corrected chi connectivity index (χ0v) is 13.1. The molecule has 0 saturated heterocycles. The van der Waals surface area contributed by atoms with Crippen molar-refractivity contribution in [3.05, 3.63) is 65.5 Å². The van der Waals surface area contributed by atoms with Crippen molar-refractivity contribution in [1.82, 2.24) is 10.3 Å². The highest BCUT2D eigenvalue weighted by Gasteiger charge is 2.15. The Morgan fingerprint density at radius 1 is 1.23 bits per heavy atom. The number of methoxy groups -OCH3 is 1. The third-order valence-corrected chi connectivity index (χ3v) is 3.60. The lowest BCUT2D eigenvalue weighted by Gasteiger charge is -2.17. The number of amides is 1. The Balaban J connectivity index is 1.93. The van der Waals surface area contributed by atoms with E-state index in [4.69, 9.17) is 4.74 Å². The van der Waals surface area contributed by atoms with E-state index in [9.17, 15) is 4.79 Å². The van der Waals surface area contributed by atoms with Gasteiger partial charge in [-0.1, -0.05) is 30.3 Å². The van der Waals surface area contributed by atoms with E-state index in [1.807, 2.05) is 30.3 Å². The second kappa shape index (κ2) is 8.29. The number of hydrogen-bond donors (Lipinski definition) is 1. The van der Waals surface area contributed by atoms with E-state index in [0.29, 0.717) is 13.0 Å². The molecule has 1 amide bonds. The zero-order chi connectivity index (χ0) is 15.8. The molecule has 1 aromatic carbocycles. The summed E-state index contributed by atoms with van der Waals surface area (Å²) in [6, 6.07) is 13.6. The number of hydrogen-bond acceptors (Lipinski definition) is 3. The van der Waals surface area contributed by atoms with Gasteiger partial charge in [0.25, 0.3) is 0 Å². The van der Waals surface area contributed by atoms with Gasteiger partial charge in [0.1, 0.15) is 0 Å². The molecule has 116 valence electrons. The lowest BCUT2D eigenvalue weighted by atomic mass is 10.0. The van der Waals surface area contributed by atoms with Gasteiger partial charge in [-0.15, -0.1) is 0 Å². The fourth-order valence-corrected chi connectivity index (χ4v) is 2.36. The van der Waals surface area contributed by atoms with Gasteiger partial charge in [-0.2, -0.15) is 0 Å². The zero-order valence-electron chi connectivity index (χ0n) is 13.1. The number of rotatable bonds is 7. The molecule has 2 aromatic rings. The summed E-state index contributed by atoms with van der Waals surface area (Å²) in [7, 11) is 1.62. The Hall–Kier alpha value is -2.20. The topological polar surface area (TPSA) is 51.2 Å². The van der Waals surface area contributed by atoms with Gasteiger partial charge in [0, 0.05) is 19.7 Å². The van der Waals surface area contributed by atoms with Gasteiger partial charge >= 0.3 is 0 Å². The predicted octanol–water partition coefficient (Wildman–Crippen LogP) is 2.83. The summed E-state index contributed by atoms with van der Waals surface area (Å²) in [6.45, 7) is 2.47. The Kier molecular flexibility index (Phi) is 6.10. The van der Waals surface area contributed by atoms with Crippen LogP contribution in [0.15, 0.2) is 48.7 Å². The van der Waals surface area contributed by atoms with Crippen LogP contribution in [0.25, 0.3) is 0 Å². The van der Waals surface area contributed by atoms with Crippen molar-refractivity contribution < 1.29 is 9.53 Å². The molecule has 0 bridgehead atoms. The summed E-state index contributed by atoms with van der Waals surface area (Å²) in [5.74, 6) is 0.0101. The number of carbonyl (C=O) groups is 1. The quantitative estimate of drug-likeness (QED) is 0.855. The molecule has 2 rings (SSSR count). The van der Waals surface area contributed by atoms with E-state index in [1.54, 1.807) is 13.3 Å². The summed E-state index contributed by atoms with van der Waals surface area (Å²) >= 11 is 0. The summed E-state index contributed by atoms with van der Waals surface area (Å²) in [5.41, 5.74) is 3.24. The maximum Gasteiger partial charge on any atom is 0.220 e. The summed E-state index contributed by atoms with van der Waals surface area (Å²) < 4.78 is 5.19. The Morgan fingerprint density at radius 2 is 2.00 bits per heavy atom. The van der Waals surface area contributed by atoms with Crippen LogP contribution in [0.1, 0.15) is 29.3 Å². The third-order valence-electron chi connectivity index (χ3n) is 3.60. The Bertz CT molecular complexity index is 599. The molecule has 0 saturated carbocycles. The van der Waals surface area contributed by atoms with Gasteiger partial charge in [0.05, 0.1) is 18.3 Å². The van der Waals surface area contributed by atoms with Crippen molar-refractivity contribution in [1.29, 1.82) is 0 Å². The van der Waals surface area contributed by atoms with E-state index in [-0.39, 0.29) is 11.9 Å². The minimum atomic E-state index is -0.212. The minimum Gasteiger partial charge on any atom is -0.382 e. The highest BCUT2D eigenvalue weighted by Crippen LogP contribution is 2.12. The first-order chi connectivity index (χ1) is 10.7. The van der Waals surface area contributed by atoms with Crippen molar-refractivity contribution in [2.75, 3.05) is 13.7 Å². The molecule has 0 radical (unpaired) electrons. The number of aromatic nitrogens is 1. The Morgan fingerprint density at radius 3 is 2.68 bits per heavy atom. The number of pyridine rings is 1. The molecular weight excluding hydrogens is 276 g/mol. The molecule has 1 N–H and O–H groups in total. The van der Waals surface area contributed by atoms with Gasteiger partial charge < -0.3 is 10.1 Å². The number of nitrogens with zero attached hydrogens (tertiary/aromatic N) is 1. The number of benzene rings is 1. The molecule has 4 nitrogen and oxygen atoms in total. The number of nitrogens with one attached hydrogen (secondary N) is 1. The van der Waals surface area contributed by atoms with Crippen LogP contribution in [0.5, 0.6) is 0 Å². The van der Waals surface area contributed by atoms with Gasteiger partial charge in [-0.3, -0.25) is 9.78 Å². The van der Waals surface area contributed by atoms with Crippen LogP contribution >= 0.6 is 0 Å². The van der Waals surface area contributed by atoms with Crippen molar-refractivity contribution >= 4 is 5.91 Å². The number of aryl methyl sites for hydroxylation is 2. The van der Waals surface area contributed by atoms with E-state index in [1.165, 1.54) is 11.1 Å². The largest absolute Gasteiger partial charge is 0.382 e. The minimum absolute atomic E-state index is 0.0101. The fraction of sp³-hybridized carbons (Fsp3) is 0.333. The molecule has 22 heavy (non-hydrogen) atoms. The molecular formula is C18H22N2O2. The van der Waals surface area contributed by atoms with Crippen LogP contribution in [0.3, 0.4) is 0 Å². The summed E-state index contributed by atoms with van der Waals surface area (Å²) in [4.78, 5) is 16.5. The smallest absolute Gasteiger partial charge is 0.220 e. The van der Waals surface area contributed by atoms with Crippen LogP contribution in [0.4, 0.5) is 0 Å². The second-order valence-corrected chi connectivity index (χ2v) is 5.26. The molecule has 0 fully saturated rings. The normalized spacial score (nSPS) is 11.9.